The highest BCUT2D eigenvalue weighted by molar-refractivity contribution is 9.10. The summed E-state index contributed by atoms with van der Waals surface area (Å²) in [4.78, 5) is -0.365. The van der Waals surface area contributed by atoms with E-state index in [4.69, 9.17) is 5.73 Å². The lowest BCUT2D eigenvalue weighted by molar-refractivity contribution is 0.362. The maximum absolute atomic E-state index is 13.8. The van der Waals surface area contributed by atoms with E-state index >= 15 is 0 Å². The average molecular weight is 353 g/mol. The largest absolute Gasteiger partial charge is 0.329 e. The summed E-state index contributed by atoms with van der Waals surface area (Å²) in [6.45, 7) is 3.85. The number of hydrogen-bond acceptors (Lipinski definition) is 3. The normalized spacial score (nSPS) is 12.7. The Labute approximate surface area is 121 Å². The summed E-state index contributed by atoms with van der Waals surface area (Å²) in [6.07, 6.45) is 1.08. The molecule has 0 unspecified atom stereocenters. The minimum absolute atomic E-state index is 0.164. The Morgan fingerprint density at radius 2 is 1.95 bits per heavy atom. The fraction of sp³-hybridized carbons (Fsp3) is 0.500. The van der Waals surface area contributed by atoms with E-state index in [9.17, 15) is 12.8 Å². The summed E-state index contributed by atoms with van der Waals surface area (Å²) in [6, 6.07) is 3.84. The minimum atomic E-state index is -3.93. The number of nitrogens with one attached hydrogen (secondary N) is 1. The van der Waals surface area contributed by atoms with Crippen LogP contribution in [0.3, 0.4) is 0 Å². The van der Waals surface area contributed by atoms with Crippen LogP contribution < -0.4 is 10.5 Å². The van der Waals surface area contributed by atoms with Crippen molar-refractivity contribution in [2.75, 3.05) is 6.54 Å². The molecule has 0 fully saturated rings. The number of halogens is 2. The van der Waals surface area contributed by atoms with E-state index < -0.39 is 21.4 Å². The number of sulfonamides is 1. The van der Waals surface area contributed by atoms with Crippen molar-refractivity contribution < 1.29 is 12.8 Å². The molecule has 1 rings (SSSR count). The van der Waals surface area contributed by atoms with Crippen LogP contribution in [-0.4, -0.2) is 20.5 Å². The van der Waals surface area contributed by atoms with Gasteiger partial charge in [-0.15, -0.1) is 0 Å². The van der Waals surface area contributed by atoms with E-state index in [0.717, 1.165) is 6.07 Å². The molecule has 108 valence electrons. The number of hydrogen-bond donors (Lipinski definition) is 2. The van der Waals surface area contributed by atoms with Gasteiger partial charge in [0.25, 0.3) is 0 Å². The first-order chi connectivity index (χ1) is 8.80. The van der Waals surface area contributed by atoms with Gasteiger partial charge in [0.15, 0.2) is 0 Å². The van der Waals surface area contributed by atoms with Gasteiger partial charge in [-0.2, -0.15) is 0 Å². The molecular weight excluding hydrogens is 335 g/mol. The van der Waals surface area contributed by atoms with Gasteiger partial charge in [0.1, 0.15) is 10.7 Å². The Bertz CT molecular complexity index is 536. The fourth-order valence-electron chi connectivity index (χ4n) is 1.76. The molecule has 1 aromatic carbocycles. The lowest BCUT2D eigenvalue weighted by Crippen LogP contribution is -2.52. The van der Waals surface area contributed by atoms with Crippen LogP contribution >= 0.6 is 15.9 Å². The molecule has 4 nitrogen and oxygen atoms in total. The fourth-order valence-corrected chi connectivity index (χ4v) is 3.71. The van der Waals surface area contributed by atoms with Crippen LogP contribution in [0.5, 0.6) is 0 Å². The predicted octanol–water partition coefficient (Wildman–Crippen LogP) is 2.38. The molecule has 7 heteroatoms. The maximum Gasteiger partial charge on any atom is 0.244 e. The smallest absolute Gasteiger partial charge is 0.244 e. The van der Waals surface area contributed by atoms with Gasteiger partial charge in [0, 0.05) is 16.6 Å². The van der Waals surface area contributed by atoms with Gasteiger partial charge in [-0.05, 0) is 31.0 Å². The first-order valence-corrected chi connectivity index (χ1v) is 8.27. The quantitative estimate of drug-likeness (QED) is 0.825. The summed E-state index contributed by atoms with van der Waals surface area (Å²) in [5.74, 6) is -0.792. The van der Waals surface area contributed by atoms with Crippen molar-refractivity contribution in [3.05, 3.63) is 28.5 Å². The Morgan fingerprint density at radius 3 is 2.37 bits per heavy atom. The monoisotopic (exact) mass is 352 g/mol. The van der Waals surface area contributed by atoms with E-state index in [0.29, 0.717) is 17.3 Å². The first kappa shape index (κ1) is 16.6. The van der Waals surface area contributed by atoms with Crippen molar-refractivity contribution in [3.63, 3.8) is 0 Å². The molecule has 0 bridgehead atoms. The second-order valence-corrected chi connectivity index (χ2v) is 6.94. The van der Waals surface area contributed by atoms with Crippen molar-refractivity contribution in [1.82, 2.24) is 4.72 Å². The second-order valence-electron chi connectivity index (χ2n) is 4.37. The van der Waals surface area contributed by atoms with Gasteiger partial charge in [0.05, 0.1) is 0 Å². The van der Waals surface area contributed by atoms with Crippen molar-refractivity contribution in [1.29, 1.82) is 0 Å². The van der Waals surface area contributed by atoms with Gasteiger partial charge in [-0.25, -0.2) is 17.5 Å². The molecule has 0 aliphatic heterocycles. The van der Waals surface area contributed by atoms with Crippen molar-refractivity contribution in [2.45, 2.75) is 37.1 Å². The van der Waals surface area contributed by atoms with E-state index in [1.165, 1.54) is 12.1 Å². The highest BCUT2D eigenvalue weighted by Crippen LogP contribution is 2.22. The molecule has 0 spiro atoms. The third-order valence-corrected chi connectivity index (χ3v) is 5.38. The Morgan fingerprint density at radius 1 is 1.37 bits per heavy atom. The van der Waals surface area contributed by atoms with Crippen molar-refractivity contribution in [2.24, 2.45) is 5.73 Å². The van der Waals surface area contributed by atoms with Gasteiger partial charge < -0.3 is 5.73 Å². The van der Waals surface area contributed by atoms with E-state index in [1.807, 2.05) is 13.8 Å². The second kappa shape index (κ2) is 6.30. The molecule has 0 radical (unpaired) electrons. The molecule has 0 saturated carbocycles. The standard InChI is InChI=1S/C12H18BrFN2O2S/c1-3-12(4-2,8-15)16-19(17,18)11-6-5-9(13)7-10(11)14/h5-7,16H,3-4,8,15H2,1-2H3. The molecule has 0 saturated heterocycles. The highest BCUT2D eigenvalue weighted by atomic mass is 79.9. The summed E-state index contributed by atoms with van der Waals surface area (Å²) < 4.78 is 41.2. The number of rotatable bonds is 6. The molecule has 1 aromatic rings. The molecule has 0 aromatic heterocycles. The van der Waals surface area contributed by atoms with Crippen LogP contribution in [-0.2, 0) is 10.0 Å². The molecule has 19 heavy (non-hydrogen) atoms. The minimum Gasteiger partial charge on any atom is -0.329 e. The topological polar surface area (TPSA) is 72.2 Å². The molecule has 0 aliphatic rings. The third kappa shape index (κ3) is 3.75. The van der Waals surface area contributed by atoms with E-state index in [-0.39, 0.29) is 11.4 Å². The van der Waals surface area contributed by atoms with Crippen LogP contribution in [0.4, 0.5) is 4.39 Å². The maximum atomic E-state index is 13.8. The zero-order chi connectivity index (χ0) is 14.7. The number of nitrogens with two attached hydrogens (primary N) is 1. The Hall–Kier alpha value is -0.500. The first-order valence-electron chi connectivity index (χ1n) is 5.99. The predicted molar refractivity (Wildman–Crippen MR) is 76.8 cm³/mol. The SMILES string of the molecule is CCC(CC)(CN)NS(=O)(=O)c1ccc(Br)cc1F. The molecule has 3 N–H and O–H groups in total. The summed E-state index contributed by atoms with van der Waals surface area (Å²) >= 11 is 3.09. The average Bonchev–Trinajstić information content (AvgIpc) is 2.35. The van der Waals surface area contributed by atoms with Crippen molar-refractivity contribution in [3.8, 4) is 0 Å². The summed E-state index contributed by atoms with van der Waals surface area (Å²) in [5.41, 5.74) is 4.91. The van der Waals surface area contributed by atoms with Crippen molar-refractivity contribution >= 4 is 26.0 Å². The van der Waals surface area contributed by atoms with Gasteiger partial charge in [0.2, 0.25) is 10.0 Å². The molecule has 0 atom stereocenters. The van der Waals surface area contributed by atoms with Gasteiger partial charge in [-0.1, -0.05) is 29.8 Å². The van der Waals surface area contributed by atoms with E-state index in [1.54, 1.807) is 0 Å². The Kier molecular flexibility index (Phi) is 5.49. The third-order valence-electron chi connectivity index (χ3n) is 3.28. The molecule has 0 amide bonds. The van der Waals surface area contributed by atoms with Gasteiger partial charge in [-0.3, -0.25) is 0 Å². The summed E-state index contributed by atoms with van der Waals surface area (Å²) in [5, 5.41) is 0. The molecule has 0 heterocycles. The molecular formula is C12H18BrFN2O2S. The van der Waals surface area contributed by atoms with Crippen LogP contribution in [0.1, 0.15) is 26.7 Å². The lowest BCUT2D eigenvalue weighted by atomic mass is 9.95. The van der Waals surface area contributed by atoms with Crippen LogP contribution in [0.15, 0.2) is 27.6 Å². The lowest BCUT2D eigenvalue weighted by Gasteiger charge is -2.31. The van der Waals surface area contributed by atoms with Crippen LogP contribution in [0, 0.1) is 5.82 Å². The van der Waals surface area contributed by atoms with Crippen LogP contribution in [0.2, 0.25) is 0 Å². The zero-order valence-electron chi connectivity index (χ0n) is 10.9. The number of benzene rings is 1. The zero-order valence-corrected chi connectivity index (χ0v) is 13.3. The Balaban J connectivity index is 3.17. The summed E-state index contributed by atoms with van der Waals surface area (Å²) in [7, 11) is -3.93. The van der Waals surface area contributed by atoms with E-state index in [2.05, 4.69) is 20.7 Å². The van der Waals surface area contributed by atoms with Gasteiger partial charge >= 0.3 is 0 Å². The molecule has 0 aliphatic carbocycles. The van der Waals surface area contributed by atoms with Crippen LogP contribution in [0.25, 0.3) is 0 Å². The highest BCUT2D eigenvalue weighted by Gasteiger charge is 2.32.